The van der Waals surface area contributed by atoms with Gasteiger partial charge in [-0.2, -0.15) is 0 Å². The molecule has 2 aliphatic rings. The second-order valence-electron chi connectivity index (χ2n) is 6.94. The van der Waals surface area contributed by atoms with Crippen LogP contribution in [0.5, 0.6) is 0 Å². The lowest BCUT2D eigenvalue weighted by atomic mass is 9.84. The van der Waals surface area contributed by atoms with Crippen LogP contribution >= 0.6 is 0 Å². The summed E-state index contributed by atoms with van der Waals surface area (Å²) in [5, 5.41) is 3.72. The predicted octanol–water partition coefficient (Wildman–Crippen LogP) is 2.87. The molecule has 1 aromatic carbocycles. The Morgan fingerprint density at radius 1 is 1.39 bits per heavy atom. The zero-order valence-electron chi connectivity index (χ0n) is 13.1. The molecule has 122 valence electrons. The molecule has 2 aliphatic carbocycles. The molecule has 0 spiro atoms. The van der Waals surface area contributed by atoms with E-state index < -0.39 is 0 Å². The summed E-state index contributed by atoms with van der Waals surface area (Å²) in [6.07, 6.45) is 3.35. The first kappa shape index (κ1) is 14.7. The summed E-state index contributed by atoms with van der Waals surface area (Å²) < 4.78 is 19.1. The molecular formula is C18H21FN2O2. The molecule has 2 bridgehead atoms. The molecule has 1 amide bonds. The molecule has 4 unspecified atom stereocenters. The second kappa shape index (κ2) is 5.34. The maximum atomic E-state index is 13.3. The molecule has 0 radical (unpaired) electrons. The average Bonchev–Trinajstić information content (AvgIpc) is 3.20. The third-order valence-electron chi connectivity index (χ3n) is 5.70. The molecule has 0 aliphatic heterocycles. The van der Waals surface area contributed by atoms with Gasteiger partial charge in [-0.05, 0) is 56.2 Å². The molecular weight excluding hydrogens is 295 g/mol. The lowest BCUT2D eigenvalue weighted by molar-refractivity contribution is -0.127. The maximum absolute atomic E-state index is 13.3. The molecule has 2 fully saturated rings. The zero-order chi connectivity index (χ0) is 16.1. The summed E-state index contributed by atoms with van der Waals surface area (Å²) in [6, 6.07) is 4.45. The van der Waals surface area contributed by atoms with Crippen molar-refractivity contribution in [3.05, 3.63) is 35.3 Å². The van der Waals surface area contributed by atoms with Crippen LogP contribution in [0.2, 0.25) is 0 Å². The number of fused-ring (bicyclic) bond motifs is 3. The second-order valence-corrected chi connectivity index (χ2v) is 6.94. The van der Waals surface area contributed by atoms with E-state index in [0.717, 1.165) is 30.2 Å². The summed E-state index contributed by atoms with van der Waals surface area (Å²) in [6.45, 7) is 2.21. The van der Waals surface area contributed by atoms with E-state index in [9.17, 15) is 9.18 Å². The molecule has 23 heavy (non-hydrogen) atoms. The summed E-state index contributed by atoms with van der Waals surface area (Å²) in [5.41, 5.74) is 7.73. The maximum Gasteiger partial charge on any atom is 0.225 e. The lowest BCUT2D eigenvalue weighted by Gasteiger charge is -2.26. The van der Waals surface area contributed by atoms with Crippen molar-refractivity contribution in [2.75, 3.05) is 0 Å². The number of rotatable bonds is 3. The van der Waals surface area contributed by atoms with Gasteiger partial charge in [0.05, 0.1) is 12.5 Å². The van der Waals surface area contributed by atoms with Gasteiger partial charge in [-0.25, -0.2) is 4.39 Å². The first-order valence-electron chi connectivity index (χ1n) is 8.25. The van der Waals surface area contributed by atoms with Crippen LogP contribution in [-0.4, -0.2) is 11.9 Å². The highest BCUT2D eigenvalue weighted by molar-refractivity contribution is 5.83. The van der Waals surface area contributed by atoms with Gasteiger partial charge in [0.1, 0.15) is 17.2 Å². The average molecular weight is 316 g/mol. The van der Waals surface area contributed by atoms with E-state index in [-0.39, 0.29) is 23.7 Å². The number of amides is 1. The first-order chi connectivity index (χ1) is 11.0. The van der Waals surface area contributed by atoms with Gasteiger partial charge in [0, 0.05) is 17.0 Å². The minimum Gasteiger partial charge on any atom is -0.459 e. The fourth-order valence-electron chi connectivity index (χ4n) is 4.42. The Morgan fingerprint density at radius 3 is 2.91 bits per heavy atom. The van der Waals surface area contributed by atoms with Gasteiger partial charge in [0.2, 0.25) is 5.91 Å². The predicted molar refractivity (Wildman–Crippen MR) is 85.1 cm³/mol. The fraction of sp³-hybridized carbons (Fsp3) is 0.500. The van der Waals surface area contributed by atoms with Crippen molar-refractivity contribution in [2.24, 2.45) is 23.5 Å². The Morgan fingerprint density at radius 2 is 2.17 bits per heavy atom. The van der Waals surface area contributed by atoms with Crippen molar-refractivity contribution in [3.63, 3.8) is 0 Å². The van der Waals surface area contributed by atoms with Crippen LogP contribution in [0.1, 0.15) is 30.6 Å². The Labute approximate surface area is 134 Å². The summed E-state index contributed by atoms with van der Waals surface area (Å²) >= 11 is 0. The number of nitrogens with two attached hydrogens (primary N) is 1. The first-order valence-corrected chi connectivity index (χ1v) is 8.25. The molecule has 3 N–H and O–H groups in total. The summed E-state index contributed by atoms with van der Waals surface area (Å²) in [4.78, 5) is 12.5. The molecule has 1 aromatic heterocycles. The van der Waals surface area contributed by atoms with Crippen LogP contribution in [0.4, 0.5) is 4.39 Å². The van der Waals surface area contributed by atoms with E-state index >= 15 is 0 Å². The molecule has 2 aromatic rings. The van der Waals surface area contributed by atoms with Gasteiger partial charge in [0.15, 0.2) is 0 Å². The number of aryl methyl sites for hydroxylation is 1. The van der Waals surface area contributed by atoms with E-state index in [4.69, 9.17) is 10.2 Å². The van der Waals surface area contributed by atoms with Crippen molar-refractivity contribution < 1.29 is 13.6 Å². The van der Waals surface area contributed by atoms with Crippen LogP contribution in [0.25, 0.3) is 11.0 Å². The normalized spacial score (nSPS) is 29.3. The largest absolute Gasteiger partial charge is 0.459 e. The van der Waals surface area contributed by atoms with Crippen LogP contribution in [-0.2, 0) is 11.3 Å². The van der Waals surface area contributed by atoms with Crippen LogP contribution < -0.4 is 11.1 Å². The molecule has 5 heteroatoms. The van der Waals surface area contributed by atoms with Crippen molar-refractivity contribution in [2.45, 2.75) is 38.8 Å². The number of nitrogens with one attached hydrogen (secondary N) is 1. The van der Waals surface area contributed by atoms with E-state index in [1.54, 1.807) is 6.07 Å². The minimum absolute atomic E-state index is 0.0142. The summed E-state index contributed by atoms with van der Waals surface area (Å²) in [7, 11) is 0. The molecule has 2 saturated carbocycles. The van der Waals surface area contributed by atoms with Gasteiger partial charge in [-0.3, -0.25) is 4.79 Å². The van der Waals surface area contributed by atoms with Gasteiger partial charge in [-0.15, -0.1) is 0 Å². The van der Waals surface area contributed by atoms with Crippen molar-refractivity contribution in [1.29, 1.82) is 0 Å². The SMILES string of the molecule is Cc1c(CNC(=O)C2C3CCC(C3)C2N)oc2ccc(F)cc12. The van der Waals surface area contributed by atoms with E-state index in [0.29, 0.717) is 29.7 Å². The Balaban J connectivity index is 1.49. The van der Waals surface area contributed by atoms with Gasteiger partial charge in [-0.1, -0.05) is 0 Å². The van der Waals surface area contributed by atoms with Gasteiger partial charge >= 0.3 is 0 Å². The monoisotopic (exact) mass is 316 g/mol. The van der Waals surface area contributed by atoms with Crippen molar-refractivity contribution in [1.82, 2.24) is 5.32 Å². The lowest BCUT2D eigenvalue weighted by Crippen LogP contribution is -2.45. The smallest absolute Gasteiger partial charge is 0.225 e. The number of benzene rings is 1. The third-order valence-corrected chi connectivity index (χ3v) is 5.70. The topological polar surface area (TPSA) is 68.3 Å². The Hall–Kier alpha value is -1.88. The van der Waals surface area contributed by atoms with Gasteiger partial charge < -0.3 is 15.5 Å². The van der Waals surface area contributed by atoms with E-state index in [1.165, 1.54) is 12.1 Å². The summed E-state index contributed by atoms with van der Waals surface area (Å²) in [5.74, 6) is 1.28. The van der Waals surface area contributed by atoms with Crippen molar-refractivity contribution in [3.8, 4) is 0 Å². The van der Waals surface area contributed by atoms with Crippen LogP contribution in [0.15, 0.2) is 22.6 Å². The Kier molecular flexibility index (Phi) is 3.41. The zero-order valence-corrected chi connectivity index (χ0v) is 13.1. The number of carbonyl (C=O) groups is 1. The number of hydrogen-bond acceptors (Lipinski definition) is 3. The number of furan rings is 1. The third kappa shape index (κ3) is 2.34. The van der Waals surface area contributed by atoms with Crippen LogP contribution in [0, 0.1) is 30.5 Å². The highest BCUT2D eigenvalue weighted by Crippen LogP contribution is 2.47. The van der Waals surface area contributed by atoms with Crippen molar-refractivity contribution >= 4 is 16.9 Å². The highest BCUT2D eigenvalue weighted by atomic mass is 19.1. The van der Waals surface area contributed by atoms with Gasteiger partial charge in [0.25, 0.3) is 0 Å². The molecule has 0 saturated heterocycles. The fourth-order valence-corrected chi connectivity index (χ4v) is 4.42. The Bertz CT molecular complexity index is 768. The number of halogens is 1. The molecule has 4 atom stereocenters. The van der Waals surface area contributed by atoms with E-state index in [2.05, 4.69) is 5.32 Å². The highest BCUT2D eigenvalue weighted by Gasteiger charge is 2.48. The van der Waals surface area contributed by atoms with Crippen LogP contribution in [0.3, 0.4) is 0 Å². The standard InChI is InChI=1S/C18H21FN2O2/c1-9-13-7-12(19)4-5-14(13)23-15(9)8-21-18(22)16-10-2-3-11(6-10)17(16)20/h4-5,7,10-11,16-17H,2-3,6,8,20H2,1H3,(H,21,22). The minimum atomic E-state index is -0.287. The molecule has 4 nitrogen and oxygen atoms in total. The quantitative estimate of drug-likeness (QED) is 0.915. The molecule has 4 rings (SSSR count). The number of hydrogen-bond donors (Lipinski definition) is 2. The molecule has 1 heterocycles. The van der Waals surface area contributed by atoms with E-state index in [1.807, 2.05) is 6.92 Å². The number of carbonyl (C=O) groups excluding carboxylic acids is 1.